The average molecular weight is 290 g/mol. The highest BCUT2D eigenvalue weighted by Gasteiger charge is 2.11. The first-order chi connectivity index (χ1) is 9.49. The summed E-state index contributed by atoms with van der Waals surface area (Å²) in [4.78, 5) is 44.8. The van der Waals surface area contributed by atoms with Gasteiger partial charge in [-0.2, -0.15) is 0 Å². The van der Waals surface area contributed by atoms with E-state index in [2.05, 4.69) is 0 Å². The Morgan fingerprint density at radius 1 is 0.450 bits per heavy atom. The van der Waals surface area contributed by atoms with Gasteiger partial charge in [0.2, 0.25) is 0 Å². The Labute approximate surface area is 116 Å². The standard InChI is InChI=1S/C14H20F2O4/c15-9-7-13(19)5-3-11(17)1-2-12(18)4-6-14(20)8-10-16/h1-10H2. The van der Waals surface area contributed by atoms with Gasteiger partial charge in [-0.25, -0.2) is 0 Å². The molecule has 0 amide bonds. The van der Waals surface area contributed by atoms with Crippen molar-refractivity contribution < 1.29 is 28.0 Å². The molecule has 0 radical (unpaired) electrons. The van der Waals surface area contributed by atoms with E-state index in [1.807, 2.05) is 0 Å². The molecule has 4 nitrogen and oxygen atoms in total. The highest BCUT2D eigenvalue weighted by molar-refractivity contribution is 5.90. The monoisotopic (exact) mass is 290 g/mol. The topological polar surface area (TPSA) is 68.3 Å². The molecule has 0 bridgehead atoms. The molecule has 0 saturated heterocycles. The van der Waals surface area contributed by atoms with E-state index in [9.17, 15) is 28.0 Å². The fourth-order valence-electron chi connectivity index (χ4n) is 1.55. The molecule has 114 valence electrons. The van der Waals surface area contributed by atoms with E-state index >= 15 is 0 Å². The molecule has 0 aromatic heterocycles. The highest BCUT2D eigenvalue weighted by atomic mass is 19.1. The summed E-state index contributed by atoms with van der Waals surface area (Å²) in [5.74, 6) is -1.05. The molecule has 0 aliphatic rings. The van der Waals surface area contributed by atoms with Crippen LogP contribution in [0, 0.1) is 0 Å². The van der Waals surface area contributed by atoms with Crippen molar-refractivity contribution in [3.05, 3.63) is 0 Å². The minimum Gasteiger partial charge on any atom is -0.300 e. The molecule has 0 unspecified atom stereocenters. The van der Waals surface area contributed by atoms with Crippen LogP contribution in [0.1, 0.15) is 51.4 Å². The van der Waals surface area contributed by atoms with E-state index in [4.69, 9.17) is 0 Å². The number of hydrogen-bond acceptors (Lipinski definition) is 4. The second kappa shape index (κ2) is 11.4. The predicted octanol–water partition coefficient (Wildman–Crippen LogP) is 2.32. The zero-order valence-corrected chi connectivity index (χ0v) is 11.5. The van der Waals surface area contributed by atoms with Gasteiger partial charge in [-0.15, -0.1) is 0 Å². The predicted molar refractivity (Wildman–Crippen MR) is 68.9 cm³/mol. The Morgan fingerprint density at radius 3 is 0.850 bits per heavy atom. The van der Waals surface area contributed by atoms with Gasteiger partial charge in [-0.05, 0) is 0 Å². The molecule has 6 heteroatoms. The molecular weight excluding hydrogens is 270 g/mol. The summed E-state index contributed by atoms with van der Waals surface area (Å²) in [6.07, 6.45) is -0.248. The third kappa shape index (κ3) is 10.5. The molecule has 0 saturated carbocycles. The lowest BCUT2D eigenvalue weighted by Gasteiger charge is -2.01. The van der Waals surface area contributed by atoms with E-state index in [0.29, 0.717) is 0 Å². The molecular formula is C14H20F2O4. The van der Waals surface area contributed by atoms with Crippen molar-refractivity contribution in [3.8, 4) is 0 Å². The zero-order chi connectivity index (χ0) is 15.4. The molecule has 0 aliphatic carbocycles. The lowest BCUT2D eigenvalue weighted by molar-refractivity contribution is -0.127. The Bertz CT molecular complexity index is 319. The Morgan fingerprint density at radius 2 is 0.650 bits per heavy atom. The van der Waals surface area contributed by atoms with Crippen LogP contribution in [-0.2, 0) is 19.2 Å². The van der Waals surface area contributed by atoms with Crippen LogP contribution in [0.5, 0.6) is 0 Å². The molecule has 0 heterocycles. The maximum absolute atomic E-state index is 11.8. The maximum atomic E-state index is 11.8. The smallest absolute Gasteiger partial charge is 0.135 e. The fraction of sp³-hybridized carbons (Fsp3) is 0.714. The lowest BCUT2D eigenvalue weighted by Crippen LogP contribution is -2.09. The van der Waals surface area contributed by atoms with Crippen LogP contribution in [0.15, 0.2) is 0 Å². The molecule has 20 heavy (non-hydrogen) atoms. The van der Waals surface area contributed by atoms with E-state index in [-0.39, 0.29) is 74.5 Å². The molecule has 0 aromatic carbocycles. The molecule has 0 spiro atoms. The van der Waals surface area contributed by atoms with E-state index in [0.717, 1.165) is 0 Å². The number of rotatable bonds is 13. The van der Waals surface area contributed by atoms with E-state index in [1.165, 1.54) is 0 Å². The molecule has 0 fully saturated rings. The van der Waals surface area contributed by atoms with Gasteiger partial charge in [0.05, 0.1) is 13.3 Å². The second-order valence-corrected chi connectivity index (χ2v) is 4.53. The summed E-state index contributed by atoms with van der Waals surface area (Å²) in [5.41, 5.74) is 0. The van der Waals surface area contributed by atoms with Gasteiger partial charge in [0.15, 0.2) is 0 Å². The van der Waals surface area contributed by atoms with Crippen molar-refractivity contribution in [2.45, 2.75) is 51.4 Å². The number of alkyl halides is 2. The van der Waals surface area contributed by atoms with Crippen molar-refractivity contribution in [2.24, 2.45) is 0 Å². The lowest BCUT2D eigenvalue weighted by atomic mass is 10.0. The van der Waals surface area contributed by atoms with Crippen LogP contribution >= 0.6 is 0 Å². The number of carbonyl (C=O) groups excluding carboxylic acids is 4. The van der Waals surface area contributed by atoms with Crippen molar-refractivity contribution in [3.63, 3.8) is 0 Å². The van der Waals surface area contributed by atoms with Crippen molar-refractivity contribution in [1.82, 2.24) is 0 Å². The first-order valence-electron chi connectivity index (χ1n) is 6.68. The SMILES string of the molecule is O=C(CCF)CCC(=O)CCC(=O)CCC(=O)CCF. The van der Waals surface area contributed by atoms with Crippen LogP contribution in [0.4, 0.5) is 8.78 Å². The van der Waals surface area contributed by atoms with Gasteiger partial charge in [-0.3, -0.25) is 28.0 Å². The first-order valence-corrected chi connectivity index (χ1v) is 6.68. The summed E-state index contributed by atoms with van der Waals surface area (Å²) in [5, 5.41) is 0. The number of ketones is 4. The number of halogens is 2. The van der Waals surface area contributed by atoms with Gasteiger partial charge in [0.25, 0.3) is 0 Å². The van der Waals surface area contributed by atoms with E-state index in [1.54, 1.807) is 0 Å². The summed E-state index contributed by atoms with van der Waals surface area (Å²) in [7, 11) is 0. The Hall–Kier alpha value is -1.46. The van der Waals surface area contributed by atoms with Gasteiger partial charge in [0.1, 0.15) is 23.1 Å². The Balaban J connectivity index is 3.70. The molecule has 0 N–H and O–H groups in total. The molecule has 0 aromatic rings. The minimum atomic E-state index is -0.724. The highest BCUT2D eigenvalue weighted by Crippen LogP contribution is 2.06. The normalized spacial score (nSPS) is 10.3. The van der Waals surface area contributed by atoms with Gasteiger partial charge in [-0.1, -0.05) is 0 Å². The van der Waals surface area contributed by atoms with Gasteiger partial charge < -0.3 is 0 Å². The summed E-state index contributed by atoms with van der Waals surface area (Å²) < 4.78 is 23.7. The molecule has 0 aliphatic heterocycles. The Kier molecular flexibility index (Phi) is 10.5. The largest absolute Gasteiger partial charge is 0.300 e. The van der Waals surface area contributed by atoms with Crippen molar-refractivity contribution in [1.29, 1.82) is 0 Å². The van der Waals surface area contributed by atoms with Gasteiger partial charge >= 0.3 is 0 Å². The van der Waals surface area contributed by atoms with Gasteiger partial charge in [0, 0.05) is 51.4 Å². The average Bonchev–Trinajstić information content (AvgIpc) is 2.41. The fourth-order valence-corrected chi connectivity index (χ4v) is 1.55. The van der Waals surface area contributed by atoms with Crippen LogP contribution in [-0.4, -0.2) is 36.5 Å². The number of hydrogen-bond donors (Lipinski definition) is 0. The van der Waals surface area contributed by atoms with Crippen LogP contribution in [0.2, 0.25) is 0 Å². The minimum absolute atomic E-state index is 0.00588. The summed E-state index contributed by atoms with van der Waals surface area (Å²) in [6.45, 7) is -1.45. The van der Waals surface area contributed by atoms with Crippen LogP contribution in [0.3, 0.4) is 0 Å². The maximum Gasteiger partial charge on any atom is 0.135 e. The number of Topliss-reactive ketones (excluding diaryl/α,β-unsaturated/α-hetero) is 4. The summed E-state index contributed by atoms with van der Waals surface area (Å²) in [6, 6.07) is 0. The summed E-state index contributed by atoms with van der Waals surface area (Å²) >= 11 is 0. The zero-order valence-electron chi connectivity index (χ0n) is 11.5. The van der Waals surface area contributed by atoms with Crippen molar-refractivity contribution >= 4 is 23.1 Å². The van der Waals surface area contributed by atoms with E-state index < -0.39 is 13.3 Å². The van der Waals surface area contributed by atoms with Crippen LogP contribution in [0.25, 0.3) is 0 Å². The van der Waals surface area contributed by atoms with Crippen LogP contribution < -0.4 is 0 Å². The van der Waals surface area contributed by atoms with Crippen molar-refractivity contribution in [2.75, 3.05) is 13.3 Å². The third-order valence-corrected chi connectivity index (χ3v) is 2.79. The first kappa shape index (κ1) is 18.5. The quantitative estimate of drug-likeness (QED) is 0.522. The third-order valence-electron chi connectivity index (χ3n) is 2.79. The number of carbonyl (C=O) groups is 4. The molecule has 0 atom stereocenters. The molecule has 0 rings (SSSR count). The second-order valence-electron chi connectivity index (χ2n) is 4.53.